The molecule has 0 saturated carbocycles. The molecule has 1 aromatic carbocycles. The average molecular weight is 391 g/mol. The quantitative estimate of drug-likeness (QED) is 0.240. The van der Waals surface area contributed by atoms with Gasteiger partial charge >= 0.3 is 18.0 Å². The number of esters is 2. The first-order valence-corrected chi connectivity index (χ1v) is 9.28. The van der Waals surface area contributed by atoms with Crippen molar-refractivity contribution in [2.24, 2.45) is 0 Å². The van der Waals surface area contributed by atoms with E-state index in [1.54, 1.807) is 46.8 Å². The summed E-state index contributed by atoms with van der Waals surface area (Å²) in [5, 5.41) is 2.70. The van der Waals surface area contributed by atoms with Crippen LogP contribution in [0.3, 0.4) is 0 Å². The van der Waals surface area contributed by atoms with E-state index in [0.717, 1.165) is 5.56 Å². The summed E-state index contributed by atoms with van der Waals surface area (Å²) in [6.45, 7) is 9.51. The van der Waals surface area contributed by atoms with Gasteiger partial charge in [-0.1, -0.05) is 24.3 Å². The van der Waals surface area contributed by atoms with Gasteiger partial charge in [0.25, 0.3) is 0 Å². The van der Waals surface area contributed by atoms with Gasteiger partial charge in [-0.2, -0.15) is 0 Å². The first-order valence-electron chi connectivity index (χ1n) is 9.28. The molecule has 0 aromatic heterocycles. The van der Waals surface area contributed by atoms with Crippen LogP contribution in [-0.4, -0.2) is 43.4 Å². The van der Waals surface area contributed by atoms with E-state index in [2.05, 4.69) is 5.32 Å². The number of hydrogen-bond acceptors (Lipinski definition) is 6. The number of ether oxygens (including phenoxy) is 3. The fraction of sp³-hybridized carbons (Fsp3) is 0.476. The Labute approximate surface area is 166 Å². The monoisotopic (exact) mass is 391 g/mol. The molecule has 28 heavy (non-hydrogen) atoms. The summed E-state index contributed by atoms with van der Waals surface area (Å²) in [5.41, 5.74) is 0.971. The van der Waals surface area contributed by atoms with Gasteiger partial charge in [0.15, 0.2) is 0 Å². The maximum atomic E-state index is 12.0. The van der Waals surface area contributed by atoms with Crippen molar-refractivity contribution in [3.8, 4) is 0 Å². The first kappa shape index (κ1) is 23.2. The summed E-state index contributed by atoms with van der Waals surface area (Å²) >= 11 is 0. The normalized spacial score (nSPS) is 10.6. The number of nitrogens with one attached hydrogen (secondary N) is 1. The molecule has 0 spiro atoms. The number of alkyl carbamates (subject to hydrolysis) is 1. The minimum atomic E-state index is -0.716. The Hall–Kier alpha value is -2.83. The maximum absolute atomic E-state index is 12.0. The van der Waals surface area contributed by atoms with E-state index in [1.165, 1.54) is 6.08 Å². The van der Waals surface area contributed by atoms with Crippen molar-refractivity contribution in [2.75, 3.05) is 19.8 Å². The molecule has 0 aliphatic heterocycles. The van der Waals surface area contributed by atoms with E-state index in [4.69, 9.17) is 14.2 Å². The zero-order chi connectivity index (χ0) is 21.2. The van der Waals surface area contributed by atoms with Gasteiger partial charge in [0.1, 0.15) is 11.2 Å². The molecule has 0 heterocycles. The fourth-order valence-electron chi connectivity index (χ4n) is 2.19. The third-order valence-electron chi connectivity index (χ3n) is 3.36. The SMILES string of the molecule is CCOC(=O)C(=Cc1ccc(CCNC(=O)OC(C)(C)C)cc1)C(=O)OCC. The van der Waals surface area contributed by atoms with E-state index in [-0.39, 0.29) is 18.8 Å². The van der Waals surface area contributed by atoms with Crippen LogP contribution in [-0.2, 0) is 30.2 Å². The highest BCUT2D eigenvalue weighted by Crippen LogP contribution is 2.13. The molecular weight excluding hydrogens is 362 g/mol. The van der Waals surface area contributed by atoms with Gasteiger partial charge in [0, 0.05) is 6.54 Å². The molecule has 1 amide bonds. The predicted molar refractivity (Wildman–Crippen MR) is 106 cm³/mol. The van der Waals surface area contributed by atoms with E-state index in [9.17, 15) is 14.4 Å². The number of rotatable bonds is 8. The van der Waals surface area contributed by atoms with Gasteiger partial charge in [-0.05, 0) is 58.2 Å². The average Bonchev–Trinajstić information content (AvgIpc) is 2.59. The minimum absolute atomic E-state index is 0.150. The van der Waals surface area contributed by atoms with Gasteiger partial charge in [-0.25, -0.2) is 14.4 Å². The van der Waals surface area contributed by atoms with Crippen molar-refractivity contribution in [3.63, 3.8) is 0 Å². The number of hydrogen-bond donors (Lipinski definition) is 1. The van der Waals surface area contributed by atoms with Crippen LogP contribution in [0.15, 0.2) is 29.8 Å². The molecule has 0 aliphatic carbocycles. The van der Waals surface area contributed by atoms with Gasteiger partial charge in [0.2, 0.25) is 0 Å². The molecule has 1 N–H and O–H groups in total. The van der Waals surface area contributed by atoms with Crippen molar-refractivity contribution < 1.29 is 28.6 Å². The summed E-state index contributed by atoms with van der Waals surface area (Å²) in [6, 6.07) is 7.27. The lowest BCUT2D eigenvalue weighted by Crippen LogP contribution is -2.33. The molecule has 0 radical (unpaired) electrons. The van der Waals surface area contributed by atoms with E-state index in [1.807, 2.05) is 12.1 Å². The third kappa shape index (κ3) is 8.70. The second-order valence-corrected chi connectivity index (χ2v) is 6.92. The summed E-state index contributed by atoms with van der Waals surface area (Å²) in [7, 11) is 0. The highest BCUT2D eigenvalue weighted by atomic mass is 16.6. The van der Waals surface area contributed by atoms with Crippen LogP contribution >= 0.6 is 0 Å². The number of amides is 1. The second-order valence-electron chi connectivity index (χ2n) is 6.92. The standard InChI is InChI=1S/C21H29NO6/c1-6-26-18(23)17(19(24)27-7-2)14-16-10-8-15(9-11-16)12-13-22-20(25)28-21(3,4)5/h8-11,14H,6-7,12-13H2,1-5H3,(H,22,25). The zero-order valence-corrected chi connectivity index (χ0v) is 17.2. The summed E-state index contributed by atoms with van der Waals surface area (Å²) in [6.07, 6.45) is 1.60. The van der Waals surface area contributed by atoms with E-state index < -0.39 is 23.6 Å². The molecule has 0 fully saturated rings. The van der Waals surface area contributed by atoms with Crippen LogP contribution in [0.5, 0.6) is 0 Å². The molecular formula is C21H29NO6. The Kier molecular flexibility index (Phi) is 9.21. The highest BCUT2D eigenvalue weighted by molar-refractivity contribution is 6.17. The van der Waals surface area contributed by atoms with Crippen LogP contribution < -0.4 is 5.32 Å². The lowest BCUT2D eigenvalue weighted by atomic mass is 10.1. The first-order chi connectivity index (χ1) is 13.2. The van der Waals surface area contributed by atoms with Crippen molar-refractivity contribution >= 4 is 24.1 Å². The maximum Gasteiger partial charge on any atom is 0.407 e. The minimum Gasteiger partial charge on any atom is -0.462 e. The Morgan fingerprint density at radius 1 is 0.964 bits per heavy atom. The Bertz CT molecular complexity index is 681. The molecule has 154 valence electrons. The lowest BCUT2D eigenvalue weighted by molar-refractivity contribution is -0.146. The van der Waals surface area contributed by atoms with Crippen molar-refractivity contribution in [1.29, 1.82) is 0 Å². The highest BCUT2D eigenvalue weighted by Gasteiger charge is 2.21. The second kappa shape index (κ2) is 11.1. The number of carbonyl (C=O) groups excluding carboxylic acids is 3. The van der Waals surface area contributed by atoms with Gasteiger partial charge in [-0.15, -0.1) is 0 Å². The lowest BCUT2D eigenvalue weighted by Gasteiger charge is -2.19. The summed E-state index contributed by atoms with van der Waals surface area (Å²) in [4.78, 5) is 35.6. The molecule has 7 heteroatoms. The molecule has 0 unspecified atom stereocenters. The fourth-order valence-corrected chi connectivity index (χ4v) is 2.19. The van der Waals surface area contributed by atoms with Crippen LogP contribution in [0.2, 0.25) is 0 Å². The molecule has 0 saturated heterocycles. The topological polar surface area (TPSA) is 90.9 Å². The molecule has 7 nitrogen and oxygen atoms in total. The molecule has 0 aliphatic rings. The number of carbonyl (C=O) groups is 3. The van der Waals surface area contributed by atoms with E-state index >= 15 is 0 Å². The van der Waals surface area contributed by atoms with Crippen LogP contribution in [0.4, 0.5) is 4.79 Å². The Morgan fingerprint density at radius 3 is 1.96 bits per heavy atom. The summed E-state index contributed by atoms with van der Waals surface area (Å²) in [5.74, 6) is -1.43. The van der Waals surface area contributed by atoms with Gasteiger partial charge < -0.3 is 19.5 Å². The smallest absolute Gasteiger partial charge is 0.407 e. The van der Waals surface area contributed by atoms with Gasteiger partial charge in [-0.3, -0.25) is 0 Å². The molecule has 1 rings (SSSR count). The largest absolute Gasteiger partial charge is 0.462 e. The van der Waals surface area contributed by atoms with Crippen molar-refractivity contribution in [1.82, 2.24) is 5.32 Å². The van der Waals surface area contributed by atoms with Crippen molar-refractivity contribution in [3.05, 3.63) is 41.0 Å². The van der Waals surface area contributed by atoms with Crippen LogP contribution in [0, 0.1) is 0 Å². The van der Waals surface area contributed by atoms with Crippen molar-refractivity contribution in [2.45, 2.75) is 46.6 Å². The Morgan fingerprint density at radius 2 is 1.50 bits per heavy atom. The summed E-state index contributed by atoms with van der Waals surface area (Å²) < 4.78 is 15.0. The molecule has 0 bridgehead atoms. The van der Waals surface area contributed by atoms with E-state index in [0.29, 0.717) is 18.5 Å². The Balaban J connectivity index is 2.73. The molecule has 1 aromatic rings. The zero-order valence-electron chi connectivity index (χ0n) is 17.2. The third-order valence-corrected chi connectivity index (χ3v) is 3.36. The predicted octanol–water partition coefficient (Wildman–Crippen LogP) is 3.26. The van der Waals surface area contributed by atoms with Crippen LogP contribution in [0.25, 0.3) is 6.08 Å². The number of benzene rings is 1. The van der Waals surface area contributed by atoms with Crippen LogP contribution in [0.1, 0.15) is 45.7 Å². The van der Waals surface area contributed by atoms with Gasteiger partial charge in [0.05, 0.1) is 13.2 Å². The molecule has 0 atom stereocenters.